The Hall–Kier alpha value is -0.940. The maximum Gasteiger partial charge on any atom is 0.138 e. The molecule has 0 fully saturated rings. The minimum atomic E-state index is 0.305. The van der Waals surface area contributed by atoms with E-state index >= 15 is 0 Å². The summed E-state index contributed by atoms with van der Waals surface area (Å²) in [5.41, 5.74) is 0. The molecular weight excluding hydrogens is 192 g/mol. The summed E-state index contributed by atoms with van der Waals surface area (Å²) in [6.45, 7) is 3.64. The van der Waals surface area contributed by atoms with Gasteiger partial charge in [-0.15, -0.1) is 0 Å². The lowest BCUT2D eigenvalue weighted by Gasteiger charge is -2.15. The average molecular weight is 212 g/mol. The monoisotopic (exact) mass is 212 g/mol. The highest BCUT2D eigenvalue weighted by Gasteiger charge is 2.10. The Balaban J connectivity index is 2.36. The number of nitrogens with one attached hydrogen (secondary N) is 1. The van der Waals surface area contributed by atoms with Gasteiger partial charge in [0.15, 0.2) is 0 Å². The third-order valence-electron chi connectivity index (χ3n) is 2.31. The fraction of sp³-hybridized carbons (Fsp3) is 0.800. The predicted molar refractivity (Wildman–Crippen MR) is 58.7 cm³/mol. The molecule has 15 heavy (non-hydrogen) atoms. The summed E-state index contributed by atoms with van der Waals surface area (Å²) in [4.78, 5) is 4.19. The molecule has 1 heterocycles. The summed E-state index contributed by atoms with van der Waals surface area (Å²) in [6, 6.07) is 0.305. The fourth-order valence-electron chi connectivity index (χ4n) is 1.34. The van der Waals surface area contributed by atoms with E-state index in [1.165, 1.54) is 0 Å². The molecule has 5 heteroatoms. The van der Waals surface area contributed by atoms with Crippen LogP contribution in [0.2, 0.25) is 0 Å². The Kier molecular flexibility index (Phi) is 5.28. The molecule has 86 valence electrons. The first-order valence-corrected chi connectivity index (χ1v) is 5.35. The summed E-state index contributed by atoms with van der Waals surface area (Å²) in [7, 11) is 3.85. The number of hydrogen-bond acceptors (Lipinski definition) is 4. The van der Waals surface area contributed by atoms with E-state index in [9.17, 15) is 0 Å². The van der Waals surface area contributed by atoms with Crippen LogP contribution in [0.15, 0.2) is 6.33 Å². The molecule has 0 spiro atoms. The smallest absolute Gasteiger partial charge is 0.138 e. The van der Waals surface area contributed by atoms with Gasteiger partial charge in [0.05, 0.1) is 6.61 Å². The molecule has 5 nitrogen and oxygen atoms in total. The number of aryl methyl sites for hydroxylation is 1. The second-order valence-electron chi connectivity index (χ2n) is 3.56. The molecule has 0 aliphatic rings. The van der Waals surface area contributed by atoms with Gasteiger partial charge in [-0.2, -0.15) is 5.10 Å². The molecule has 1 aromatic rings. The van der Waals surface area contributed by atoms with Crippen LogP contribution in [-0.2, 0) is 18.2 Å². The first-order chi connectivity index (χ1) is 7.27. The van der Waals surface area contributed by atoms with E-state index in [4.69, 9.17) is 4.74 Å². The molecule has 0 bridgehead atoms. The summed E-state index contributed by atoms with van der Waals surface area (Å²) < 4.78 is 7.30. The Morgan fingerprint density at radius 2 is 2.40 bits per heavy atom. The number of rotatable bonds is 7. The summed E-state index contributed by atoms with van der Waals surface area (Å²) in [5.74, 6) is 0.981. The standard InChI is InChI=1S/C10H20N4O/c1-4-5-15-7-9(11-2)6-10-12-8-13-14(10)3/h8-9,11H,4-7H2,1-3H3. The van der Waals surface area contributed by atoms with E-state index < -0.39 is 0 Å². The van der Waals surface area contributed by atoms with Gasteiger partial charge in [-0.25, -0.2) is 4.98 Å². The first-order valence-electron chi connectivity index (χ1n) is 5.35. The molecule has 1 N–H and O–H groups in total. The number of likely N-dealkylation sites (N-methyl/N-ethyl adjacent to an activating group) is 1. The normalized spacial score (nSPS) is 13.0. The number of ether oxygens (including phenoxy) is 1. The van der Waals surface area contributed by atoms with Crippen LogP contribution in [0, 0.1) is 0 Å². The van der Waals surface area contributed by atoms with Gasteiger partial charge >= 0.3 is 0 Å². The van der Waals surface area contributed by atoms with Crippen molar-refractivity contribution >= 4 is 0 Å². The third kappa shape index (κ3) is 3.97. The van der Waals surface area contributed by atoms with E-state index in [1.54, 1.807) is 11.0 Å². The lowest BCUT2D eigenvalue weighted by atomic mass is 10.2. The van der Waals surface area contributed by atoms with Gasteiger partial charge in [0, 0.05) is 26.1 Å². The zero-order valence-corrected chi connectivity index (χ0v) is 9.73. The van der Waals surface area contributed by atoms with Crippen LogP contribution in [0.25, 0.3) is 0 Å². The molecular formula is C10H20N4O. The van der Waals surface area contributed by atoms with Crippen LogP contribution in [0.5, 0.6) is 0 Å². The topological polar surface area (TPSA) is 52.0 Å². The van der Waals surface area contributed by atoms with Crippen molar-refractivity contribution in [3.05, 3.63) is 12.2 Å². The Bertz CT molecular complexity index is 274. The summed E-state index contributed by atoms with van der Waals surface area (Å²) >= 11 is 0. The lowest BCUT2D eigenvalue weighted by molar-refractivity contribution is 0.113. The minimum absolute atomic E-state index is 0.305. The zero-order valence-electron chi connectivity index (χ0n) is 9.73. The van der Waals surface area contributed by atoms with Crippen LogP contribution < -0.4 is 5.32 Å². The van der Waals surface area contributed by atoms with Crippen LogP contribution >= 0.6 is 0 Å². The molecule has 0 aromatic carbocycles. The Labute approximate surface area is 90.8 Å². The molecule has 1 aromatic heterocycles. The number of aromatic nitrogens is 3. The maximum atomic E-state index is 5.50. The van der Waals surface area contributed by atoms with E-state index in [0.29, 0.717) is 6.04 Å². The van der Waals surface area contributed by atoms with Crippen molar-refractivity contribution in [3.8, 4) is 0 Å². The van der Waals surface area contributed by atoms with Crippen LogP contribution in [0.3, 0.4) is 0 Å². The molecule has 1 unspecified atom stereocenters. The van der Waals surface area contributed by atoms with Gasteiger partial charge in [0.1, 0.15) is 12.2 Å². The van der Waals surface area contributed by atoms with E-state index in [0.717, 1.165) is 31.9 Å². The summed E-state index contributed by atoms with van der Waals surface area (Å²) in [5, 5.41) is 7.26. The number of nitrogens with zero attached hydrogens (tertiary/aromatic N) is 3. The Morgan fingerprint density at radius 3 is 2.93 bits per heavy atom. The highest BCUT2D eigenvalue weighted by atomic mass is 16.5. The van der Waals surface area contributed by atoms with Crippen molar-refractivity contribution < 1.29 is 4.74 Å². The van der Waals surface area contributed by atoms with Crippen LogP contribution in [0.1, 0.15) is 19.2 Å². The molecule has 0 saturated carbocycles. The van der Waals surface area contributed by atoms with Crippen molar-refractivity contribution in [1.29, 1.82) is 0 Å². The molecule has 1 atom stereocenters. The number of hydrogen-bond donors (Lipinski definition) is 1. The van der Waals surface area contributed by atoms with Gasteiger partial charge in [0.25, 0.3) is 0 Å². The third-order valence-corrected chi connectivity index (χ3v) is 2.31. The lowest BCUT2D eigenvalue weighted by Crippen LogP contribution is -2.33. The van der Waals surface area contributed by atoms with Crippen molar-refractivity contribution in [2.75, 3.05) is 20.3 Å². The van der Waals surface area contributed by atoms with E-state index in [-0.39, 0.29) is 0 Å². The van der Waals surface area contributed by atoms with Crippen LogP contribution in [-0.4, -0.2) is 41.1 Å². The highest BCUT2D eigenvalue weighted by molar-refractivity contribution is 4.88. The molecule has 0 amide bonds. The second kappa shape index (κ2) is 6.53. The molecule has 0 aliphatic carbocycles. The first kappa shape index (κ1) is 12.1. The van der Waals surface area contributed by atoms with Crippen molar-refractivity contribution in [3.63, 3.8) is 0 Å². The van der Waals surface area contributed by atoms with E-state index in [2.05, 4.69) is 22.3 Å². The van der Waals surface area contributed by atoms with Gasteiger partial charge in [-0.3, -0.25) is 4.68 Å². The SMILES string of the molecule is CCCOCC(Cc1ncnn1C)NC. The quantitative estimate of drug-likeness (QED) is 0.664. The molecule has 0 saturated heterocycles. The molecule has 1 rings (SSSR count). The van der Waals surface area contributed by atoms with Gasteiger partial charge in [-0.1, -0.05) is 6.92 Å². The second-order valence-corrected chi connectivity index (χ2v) is 3.56. The Morgan fingerprint density at radius 1 is 1.60 bits per heavy atom. The highest BCUT2D eigenvalue weighted by Crippen LogP contribution is 1.98. The summed E-state index contributed by atoms with van der Waals surface area (Å²) in [6.07, 6.45) is 3.48. The van der Waals surface area contributed by atoms with Gasteiger partial charge < -0.3 is 10.1 Å². The average Bonchev–Trinajstić information content (AvgIpc) is 2.63. The molecule has 0 radical (unpaired) electrons. The van der Waals surface area contributed by atoms with Crippen LogP contribution in [0.4, 0.5) is 0 Å². The van der Waals surface area contributed by atoms with Gasteiger partial charge in [-0.05, 0) is 13.5 Å². The van der Waals surface area contributed by atoms with E-state index in [1.807, 2.05) is 14.1 Å². The zero-order chi connectivity index (χ0) is 11.1. The fourth-order valence-corrected chi connectivity index (χ4v) is 1.34. The molecule has 0 aliphatic heterocycles. The largest absolute Gasteiger partial charge is 0.380 e. The minimum Gasteiger partial charge on any atom is -0.380 e. The van der Waals surface area contributed by atoms with Crippen molar-refractivity contribution in [2.24, 2.45) is 7.05 Å². The van der Waals surface area contributed by atoms with Crippen molar-refractivity contribution in [2.45, 2.75) is 25.8 Å². The predicted octanol–water partition coefficient (Wildman–Crippen LogP) is 0.372. The van der Waals surface area contributed by atoms with Crippen molar-refractivity contribution in [1.82, 2.24) is 20.1 Å². The maximum absolute atomic E-state index is 5.50. The van der Waals surface area contributed by atoms with Gasteiger partial charge in [0.2, 0.25) is 0 Å².